The van der Waals surface area contributed by atoms with Crippen LogP contribution in [0.2, 0.25) is 5.02 Å². The summed E-state index contributed by atoms with van der Waals surface area (Å²) >= 11 is 6.20. The Bertz CT molecular complexity index is 476. The van der Waals surface area contributed by atoms with Crippen molar-refractivity contribution in [3.05, 3.63) is 34.3 Å². The molecule has 20 heavy (non-hydrogen) atoms. The van der Waals surface area contributed by atoms with Crippen LogP contribution in [0, 0.1) is 18.8 Å². The maximum Gasteiger partial charge on any atom is 0.306 e. The van der Waals surface area contributed by atoms with Gasteiger partial charge in [0.2, 0.25) is 0 Å². The second-order valence-electron chi connectivity index (χ2n) is 5.72. The van der Waals surface area contributed by atoms with E-state index < -0.39 is 5.97 Å². The van der Waals surface area contributed by atoms with Crippen LogP contribution in [0.5, 0.6) is 0 Å². The van der Waals surface area contributed by atoms with Crippen LogP contribution in [-0.4, -0.2) is 17.6 Å². The molecule has 0 radical (unpaired) electrons. The fourth-order valence-electron chi connectivity index (χ4n) is 2.97. The van der Waals surface area contributed by atoms with Gasteiger partial charge in [0.1, 0.15) is 0 Å². The molecule has 3 nitrogen and oxygen atoms in total. The minimum atomic E-state index is -0.648. The molecule has 2 unspecified atom stereocenters. The van der Waals surface area contributed by atoms with Gasteiger partial charge in [-0.2, -0.15) is 0 Å². The number of hydrogen-bond donors (Lipinski definition) is 2. The summed E-state index contributed by atoms with van der Waals surface area (Å²) < 4.78 is 0. The number of carboxylic acids is 1. The first kappa shape index (κ1) is 15.3. The zero-order valence-corrected chi connectivity index (χ0v) is 12.6. The van der Waals surface area contributed by atoms with Crippen molar-refractivity contribution in [1.29, 1.82) is 0 Å². The van der Waals surface area contributed by atoms with Gasteiger partial charge in [0.15, 0.2) is 0 Å². The van der Waals surface area contributed by atoms with E-state index in [9.17, 15) is 9.90 Å². The summed E-state index contributed by atoms with van der Waals surface area (Å²) in [4.78, 5) is 11.2. The molecule has 4 heteroatoms. The Morgan fingerprint density at radius 2 is 2.15 bits per heavy atom. The first-order valence-corrected chi connectivity index (χ1v) is 7.64. The van der Waals surface area contributed by atoms with Gasteiger partial charge in [-0.1, -0.05) is 36.6 Å². The van der Waals surface area contributed by atoms with Crippen molar-refractivity contribution in [2.45, 2.75) is 39.2 Å². The smallest absolute Gasteiger partial charge is 0.306 e. The van der Waals surface area contributed by atoms with Gasteiger partial charge in [0.25, 0.3) is 0 Å². The Hall–Kier alpha value is -1.06. The van der Waals surface area contributed by atoms with E-state index in [4.69, 9.17) is 11.6 Å². The van der Waals surface area contributed by atoms with Crippen molar-refractivity contribution in [2.75, 3.05) is 6.54 Å². The van der Waals surface area contributed by atoms with E-state index in [0.29, 0.717) is 6.54 Å². The number of aliphatic carboxylic acids is 1. The van der Waals surface area contributed by atoms with E-state index in [0.717, 1.165) is 48.4 Å². The minimum Gasteiger partial charge on any atom is -0.481 e. The molecule has 0 aromatic heterocycles. The molecule has 1 fully saturated rings. The summed E-state index contributed by atoms with van der Waals surface area (Å²) in [5.41, 5.74) is 2.22. The monoisotopic (exact) mass is 295 g/mol. The molecule has 0 bridgehead atoms. The highest BCUT2D eigenvalue weighted by Crippen LogP contribution is 2.29. The topological polar surface area (TPSA) is 49.3 Å². The Kier molecular flexibility index (Phi) is 5.44. The van der Waals surface area contributed by atoms with Gasteiger partial charge in [0, 0.05) is 11.6 Å². The van der Waals surface area contributed by atoms with Crippen LogP contribution in [0.4, 0.5) is 0 Å². The molecule has 1 aromatic carbocycles. The van der Waals surface area contributed by atoms with E-state index in [1.807, 2.05) is 25.1 Å². The Balaban J connectivity index is 1.86. The van der Waals surface area contributed by atoms with E-state index in [1.54, 1.807) is 0 Å². The zero-order chi connectivity index (χ0) is 14.5. The molecule has 0 aliphatic heterocycles. The normalized spacial score (nSPS) is 22.7. The third-order valence-corrected chi connectivity index (χ3v) is 4.51. The van der Waals surface area contributed by atoms with Crippen LogP contribution in [0.1, 0.15) is 36.8 Å². The summed E-state index contributed by atoms with van der Waals surface area (Å²) in [6.45, 7) is 3.46. The van der Waals surface area contributed by atoms with E-state index in [-0.39, 0.29) is 11.8 Å². The molecule has 1 aromatic rings. The van der Waals surface area contributed by atoms with Crippen LogP contribution in [0.25, 0.3) is 0 Å². The molecule has 0 amide bonds. The minimum absolute atomic E-state index is 0.190. The van der Waals surface area contributed by atoms with Gasteiger partial charge in [-0.15, -0.1) is 0 Å². The van der Waals surface area contributed by atoms with Crippen molar-refractivity contribution in [3.8, 4) is 0 Å². The second kappa shape index (κ2) is 7.09. The molecule has 1 aliphatic carbocycles. The molecule has 110 valence electrons. The van der Waals surface area contributed by atoms with Crippen molar-refractivity contribution >= 4 is 17.6 Å². The molecular formula is C16H22ClNO2. The number of aryl methyl sites for hydroxylation is 1. The molecule has 1 aliphatic rings. The molecule has 0 saturated heterocycles. The standard InChI is InChI=1S/C16H22ClNO2/c1-11-6-7-13(15(17)8-11)10-18-9-12-4-2-3-5-14(12)16(19)20/h6-8,12,14,18H,2-5,9-10H2,1H3,(H,19,20). The lowest BCUT2D eigenvalue weighted by Gasteiger charge is -2.28. The Morgan fingerprint density at radius 1 is 1.40 bits per heavy atom. The van der Waals surface area contributed by atoms with Crippen LogP contribution < -0.4 is 5.32 Å². The van der Waals surface area contributed by atoms with E-state index in [1.165, 1.54) is 0 Å². The lowest BCUT2D eigenvalue weighted by atomic mass is 9.79. The zero-order valence-electron chi connectivity index (χ0n) is 11.9. The van der Waals surface area contributed by atoms with Crippen LogP contribution in [0.3, 0.4) is 0 Å². The number of hydrogen-bond acceptors (Lipinski definition) is 2. The number of halogens is 1. The highest BCUT2D eigenvalue weighted by molar-refractivity contribution is 6.31. The summed E-state index contributed by atoms with van der Waals surface area (Å²) in [5.74, 6) is -0.597. The summed E-state index contributed by atoms with van der Waals surface area (Å²) in [7, 11) is 0. The van der Waals surface area contributed by atoms with E-state index >= 15 is 0 Å². The van der Waals surface area contributed by atoms with Gasteiger partial charge < -0.3 is 10.4 Å². The maximum atomic E-state index is 11.2. The molecule has 2 rings (SSSR count). The van der Waals surface area contributed by atoms with Crippen molar-refractivity contribution in [3.63, 3.8) is 0 Å². The van der Waals surface area contributed by atoms with Gasteiger partial charge in [0.05, 0.1) is 5.92 Å². The third kappa shape index (κ3) is 3.97. The van der Waals surface area contributed by atoms with Crippen LogP contribution in [0.15, 0.2) is 18.2 Å². The second-order valence-corrected chi connectivity index (χ2v) is 6.12. The SMILES string of the molecule is Cc1ccc(CNCC2CCCCC2C(=O)O)c(Cl)c1. The lowest BCUT2D eigenvalue weighted by Crippen LogP contribution is -2.34. The molecule has 0 spiro atoms. The first-order valence-electron chi connectivity index (χ1n) is 7.26. The average molecular weight is 296 g/mol. The fraction of sp³-hybridized carbons (Fsp3) is 0.562. The summed E-state index contributed by atoms with van der Waals surface area (Å²) in [6.07, 6.45) is 4.00. The number of carbonyl (C=O) groups is 1. The molecular weight excluding hydrogens is 274 g/mol. The van der Waals surface area contributed by atoms with Gasteiger partial charge in [-0.25, -0.2) is 0 Å². The maximum absolute atomic E-state index is 11.2. The van der Waals surface area contributed by atoms with Gasteiger partial charge in [-0.05, 0) is 49.4 Å². The van der Waals surface area contributed by atoms with Crippen molar-refractivity contribution < 1.29 is 9.90 Å². The highest BCUT2D eigenvalue weighted by Gasteiger charge is 2.30. The average Bonchev–Trinajstić information content (AvgIpc) is 2.41. The number of carboxylic acid groups (broad SMARTS) is 1. The highest BCUT2D eigenvalue weighted by atomic mass is 35.5. The fourth-order valence-corrected chi connectivity index (χ4v) is 3.27. The molecule has 1 saturated carbocycles. The Labute approximate surface area is 125 Å². The van der Waals surface area contributed by atoms with Crippen LogP contribution >= 0.6 is 11.6 Å². The number of nitrogens with one attached hydrogen (secondary N) is 1. The van der Waals surface area contributed by atoms with Crippen molar-refractivity contribution in [1.82, 2.24) is 5.32 Å². The quantitative estimate of drug-likeness (QED) is 0.872. The lowest BCUT2D eigenvalue weighted by molar-refractivity contribution is -0.144. The molecule has 0 heterocycles. The summed E-state index contributed by atoms with van der Waals surface area (Å²) in [5, 5.41) is 13.4. The molecule has 2 N–H and O–H groups in total. The molecule has 2 atom stereocenters. The number of benzene rings is 1. The van der Waals surface area contributed by atoms with E-state index in [2.05, 4.69) is 5.32 Å². The summed E-state index contributed by atoms with van der Waals surface area (Å²) in [6, 6.07) is 6.03. The van der Waals surface area contributed by atoms with Crippen LogP contribution in [-0.2, 0) is 11.3 Å². The van der Waals surface area contributed by atoms with Gasteiger partial charge in [-0.3, -0.25) is 4.79 Å². The predicted octanol–water partition coefficient (Wildman–Crippen LogP) is 3.63. The van der Waals surface area contributed by atoms with Crippen molar-refractivity contribution in [2.24, 2.45) is 11.8 Å². The number of rotatable bonds is 5. The first-order chi connectivity index (χ1) is 9.58. The predicted molar refractivity (Wildman–Crippen MR) is 81.0 cm³/mol. The largest absolute Gasteiger partial charge is 0.481 e. The third-order valence-electron chi connectivity index (χ3n) is 4.16. The Morgan fingerprint density at radius 3 is 2.85 bits per heavy atom. The van der Waals surface area contributed by atoms with Gasteiger partial charge >= 0.3 is 5.97 Å².